The van der Waals surface area contributed by atoms with E-state index in [-0.39, 0.29) is 30.3 Å². The van der Waals surface area contributed by atoms with Crippen LogP contribution in [0.2, 0.25) is 0 Å². The van der Waals surface area contributed by atoms with Gasteiger partial charge >= 0.3 is 6.03 Å². The first-order valence-corrected chi connectivity index (χ1v) is 10.3. The summed E-state index contributed by atoms with van der Waals surface area (Å²) in [5.74, 6) is -0.322. The van der Waals surface area contributed by atoms with Crippen LogP contribution in [-0.4, -0.2) is 46.3 Å². The number of benzene rings is 1. The molecule has 1 saturated heterocycles. The van der Waals surface area contributed by atoms with Crippen LogP contribution < -0.4 is 5.32 Å². The second-order valence-electron chi connectivity index (χ2n) is 7.58. The van der Waals surface area contributed by atoms with Crippen molar-refractivity contribution in [1.29, 1.82) is 0 Å². The molecule has 1 aliphatic carbocycles. The maximum Gasteiger partial charge on any atom is 0.325 e. The van der Waals surface area contributed by atoms with Gasteiger partial charge in [0, 0.05) is 11.0 Å². The standard InChI is InChI=1S/C20H26BrN3O3/c1-4-11-23(13(2)15-7-5-6-8-16(15)21)17(25)12-24-18(26)20(3,14-9-10-14)22-19(24)27/h5-8,13-14H,4,9-12H2,1-3H3,(H,22,27). The van der Waals surface area contributed by atoms with Crippen LogP contribution in [0, 0.1) is 5.92 Å². The maximum atomic E-state index is 13.0. The van der Waals surface area contributed by atoms with Crippen molar-refractivity contribution in [3.8, 4) is 0 Å². The fraction of sp³-hybridized carbons (Fsp3) is 0.550. The Morgan fingerprint density at radius 3 is 2.63 bits per heavy atom. The van der Waals surface area contributed by atoms with Crippen LogP contribution in [0.4, 0.5) is 4.79 Å². The van der Waals surface area contributed by atoms with E-state index < -0.39 is 11.6 Å². The molecular weight excluding hydrogens is 410 g/mol. The minimum atomic E-state index is -0.860. The molecule has 0 bridgehead atoms. The van der Waals surface area contributed by atoms with Crippen LogP contribution in [0.3, 0.4) is 0 Å². The van der Waals surface area contributed by atoms with E-state index in [2.05, 4.69) is 21.2 Å². The number of amides is 4. The van der Waals surface area contributed by atoms with Gasteiger partial charge in [-0.05, 0) is 50.7 Å². The third kappa shape index (κ3) is 3.74. The molecule has 1 saturated carbocycles. The molecule has 146 valence electrons. The zero-order chi connectivity index (χ0) is 19.8. The number of rotatable bonds is 7. The quantitative estimate of drug-likeness (QED) is 0.666. The van der Waals surface area contributed by atoms with Crippen molar-refractivity contribution in [2.45, 2.75) is 51.6 Å². The van der Waals surface area contributed by atoms with Gasteiger partial charge in [-0.15, -0.1) is 0 Å². The monoisotopic (exact) mass is 435 g/mol. The van der Waals surface area contributed by atoms with Crippen LogP contribution in [-0.2, 0) is 9.59 Å². The van der Waals surface area contributed by atoms with Crippen LogP contribution in [0.1, 0.15) is 51.6 Å². The molecule has 2 fully saturated rings. The number of hydrogen-bond acceptors (Lipinski definition) is 3. The van der Waals surface area contributed by atoms with E-state index >= 15 is 0 Å². The Morgan fingerprint density at radius 1 is 1.37 bits per heavy atom. The molecule has 6 nitrogen and oxygen atoms in total. The Morgan fingerprint density at radius 2 is 2.04 bits per heavy atom. The topological polar surface area (TPSA) is 69.7 Å². The summed E-state index contributed by atoms with van der Waals surface area (Å²) in [6.07, 6.45) is 2.66. The van der Waals surface area contributed by atoms with E-state index in [1.54, 1.807) is 11.8 Å². The van der Waals surface area contributed by atoms with Crippen molar-refractivity contribution in [3.05, 3.63) is 34.3 Å². The summed E-state index contributed by atoms with van der Waals surface area (Å²) in [7, 11) is 0. The highest BCUT2D eigenvalue weighted by molar-refractivity contribution is 9.10. The van der Waals surface area contributed by atoms with Gasteiger partial charge in [0.1, 0.15) is 12.1 Å². The summed E-state index contributed by atoms with van der Waals surface area (Å²) in [5.41, 5.74) is 0.139. The van der Waals surface area contributed by atoms with Gasteiger partial charge in [0.2, 0.25) is 5.91 Å². The molecule has 2 aliphatic rings. The van der Waals surface area contributed by atoms with Gasteiger partial charge in [0.15, 0.2) is 0 Å². The van der Waals surface area contributed by atoms with Gasteiger partial charge in [-0.3, -0.25) is 14.5 Å². The highest BCUT2D eigenvalue weighted by Gasteiger charge is 2.56. The number of carbonyl (C=O) groups excluding carboxylic acids is 3. The lowest BCUT2D eigenvalue weighted by atomic mass is 9.96. The first-order chi connectivity index (χ1) is 12.8. The third-order valence-electron chi connectivity index (χ3n) is 5.60. The van der Waals surface area contributed by atoms with E-state index in [1.165, 1.54) is 0 Å². The van der Waals surface area contributed by atoms with E-state index in [0.717, 1.165) is 34.2 Å². The minimum absolute atomic E-state index is 0.163. The molecule has 1 heterocycles. The number of hydrogen-bond donors (Lipinski definition) is 1. The average molecular weight is 436 g/mol. The molecule has 0 spiro atoms. The lowest BCUT2D eigenvalue weighted by molar-refractivity contribution is -0.140. The molecule has 4 amide bonds. The van der Waals surface area contributed by atoms with Gasteiger partial charge in [-0.25, -0.2) is 4.79 Å². The zero-order valence-corrected chi connectivity index (χ0v) is 17.6. The lowest BCUT2D eigenvalue weighted by Crippen LogP contribution is -2.47. The average Bonchev–Trinajstić information content (AvgIpc) is 3.45. The Balaban J connectivity index is 1.77. The lowest BCUT2D eigenvalue weighted by Gasteiger charge is -2.31. The summed E-state index contributed by atoms with van der Waals surface area (Å²) < 4.78 is 0.933. The second-order valence-corrected chi connectivity index (χ2v) is 8.44. The first kappa shape index (κ1) is 19.9. The molecule has 2 atom stereocenters. The zero-order valence-electron chi connectivity index (χ0n) is 16.0. The highest BCUT2D eigenvalue weighted by atomic mass is 79.9. The summed E-state index contributed by atoms with van der Waals surface area (Å²) in [6, 6.07) is 7.15. The molecular formula is C20H26BrN3O3. The third-order valence-corrected chi connectivity index (χ3v) is 6.32. The highest BCUT2D eigenvalue weighted by Crippen LogP contribution is 2.42. The Labute approximate surface area is 168 Å². The minimum Gasteiger partial charge on any atom is -0.334 e. The fourth-order valence-electron chi connectivity index (χ4n) is 3.78. The number of halogens is 1. The molecule has 27 heavy (non-hydrogen) atoms. The van der Waals surface area contributed by atoms with Crippen molar-refractivity contribution < 1.29 is 14.4 Å². The van der Waals surface area contributed by atoms with Crippen LogP contribution in [0.25, 0.3) is 0 Å². The molecule has 0 aromatic heterocycles. The van der Waals surface area contributed by atoms with Crippen LogP contribution in [0.15, 0.2) is 28.7 Å². The molecule has 1 aromatic carbocycles. The number of carbonyl (C=O) groups is 3. The molecule has 1 N–H and O–H groups in total. The Kier molecular flexibility index (Phi) is 5.60. The Bertz CT molecular complexity index is 765. The summed E-state index contributed by atoms with van der Waals surface area (Å²) in [4.78, 5) is 41.0. The predicted molar refractivity (Wildman–Crippen MR) is 106 cm³/mol. The van der Waals surface area contributed by atoms with Gasteiger partial charge in [0.25, 0.3) is 5.91 Å². The summed E-state index contributed by atoms with van der Waals surface area (Å²) in [5, 5.41) is 2.80. The van der Waals surface area contributed by atoms with Crippen LogP contribution in [0.5, 0.6) is 0 Å². The van der Waals surface area contributed by atoms with E-state index in [0.29, 0.717) is 6.54 Å². The fourth-order valence-corrected chi connectivity index (χ4v) is 4.40. The summed E-state index contributed by atoms with van der Waals surface area (Å²) in [6.45, 7) is 6.08. The van der Waals surface area contributed by atoms with E-state index in [4.69, 9.17) is 0 Å². The molecule has 1 aliphatic heterocycles. The van der Waals surface area contributed by atoms with Gasteiger partial charge in [-0.2, -0.15) is 0 Å². The number of urea groups is 1. The smallest absolute Gasteiger partial charge is 0.325 e. The van der Waals surface area contributed by atoms with Crippen molar-refractivity contribution in [2.75, 3.05) is 13.1 Å². The number of nitrogens with zero attached hydrogens (tertiary/aromatic N) is 2. The Hall–Kier alpha value is -1.89. The molecule has 7 heteroatoms. The van der Waals surface area contributed by atoms with Crippen molar-refractivity contribution in [2.24, 2.45) is 5.92 Å². The normalized spacial score (nSPS) is 23.3. The largest absolute Gasteiger partial charge is 0.334 e. The second kappa shape index (κ2) is 7.62. The predicted octanol–water partition coefficient (Wildman–Crippen LogP) is 3.47. The van der Waals surface area contributed by atoms with E-state index in [1.807, 2.05) is 38.1 Å². The van der Waals surface area contributed by atoms with Gasteiger partial charge < -0.3 is 10.2 Å². The maximum absolute atomic E-state index is 13.0. The number of imide groups is 1. The molecule has 2 unspecified atom stereocenters. The first-order valence-electron chi connectivity index (χ1n) is 9.47. The van der Waals surface area contributed by atoms with Gasteiger partial charge in [0.05, 0.1) is 6.04 Å². The summed E-state index contributed by atoms with van der Waals surface area (Å²) >= 11 is 3.54. The SMILES string of the molecule is CCCN(C(=O)CN1C(=O)NC(C)(C2CC2)C1=O)C(C)c1ccccc1Br. The van der Waals surface area contributed by atoms with Crippen molar-refractivity contribution >= 4 is 33.8 Å². The van der Waals surface area contributed by atoms with Gasteiger partial charge in [-0.1, -0.05) is 41.1 Å². The van der Waals surface area contributed by atoms with E-state index in [9.17, 15) is 14.4 Å². The van der Waals surface area contributed by atoms with Crippen molar-refractivity contribution in [1.82, 2.24) is 15.1 Å². The van der Waals surface area contributed by atoms with Crippen molar-refractivity contribution in [3.63, 3.8) is 0 Å². The number of nitrogens with one attached hydrogen (secondary N) is 1. The molecule has 3 rings (SSSR count). The molecule has 0 radical (unpaired) electrons. The molecule has 1 aromatic rings. The van der Waals surface area contributed by atoms with Crippen LogP contribution >= 0.6 is 15.9 Å².